The molecule has 1 unspecified atom stereocenters. The highest BCUT2D eigenvalue weighted by molar-refractivity contribution is 4.52. The molecule has 0 aliphatic rings. The van der Waals surface area contributed by atoms with E-state index in [1.807, 2.05) is 6.92 Å². The van der Waals surface area contributed by atoms with Gasteiger partial charge in [0.2, 0.25) is 0 Å². The smallest absolute Gasteiger partial charge is 0.0636 e. The second-order valence-electron chi connectivity index (χ2n) is 3.47. The van der Waals surface area contributed by atoms with E-state index in [0.29, 0.717) is 0 Å². The molecule has 74 valence electrons. The van der Waals surface area contributed by atoms with Gasteiger partial charge in [-0.05, 0) is 19.9 Å². The number of nitrogens with one attached hydrogen (secondary N) is 1. The van der Waals surface area contributed by atoms with E-state index < -0.39 is 0 Å². The van der Waals surface area contributed by atoms with Crippen molar-refractivity contribution in [3.63, 3.8) is 0 Å². The summed E-state index contributed by atoms with van der Waals surface area (Å²) in [7, 11) is 0. The van der Waals surface area contributed by atoms with Crippen molar-refractivity contribution in [3.8, 4) is 0 Å². The van der Waals surface area contributed by atoms with Crippen molar-refractivity contribution in [2.75, 3.05) is 13.1 Å². The van der Waals surface area contributed by atoms with Gasteiger partial charge in [-0.25, -0.2) is 0 Å². The monoisotopic (exact) mass is 173 g/mol. The average Bonchev–Trinajstić information content (AvgIpc) is 2.02. The standard InChI is InChI=1S/C10H23NO/c1-3-4-5-6-7-8-11-9-10(2)12/h10-12H,3-9H2,1-2H3. The maximum Gasteiger partial charge on any atom is 0.0636 e. The van der Waals surface area contributed by atoms with E-state index in [1.165, 1.54) is 32.1 Å². The van der Waals surface area contributed by atoms with Crippen LogP contribution >= 0.6 is 0 Å². The zero-order valence-electron chi connectivity index (χ0n) is 8.47. The number of aliphatic hydroxyl groups excluding tert-OH is 1. The van der Waals surface area contributed by atoms with Gasteiger partial charge in [0, 0.05) is 6.54 Å². The fourth-order valence-corrected chi connectivity index (χ4v) is 1.16. The van der Waals surface area contributed by atoms with Crippen molar-refractivity contribution >= 4 is 0 Å². The van der Waals surface area contributed by atoms with Gasteiger partial charge in [-0.15, -0.1) is 0 Å². The third-order valence-electron chi connectivity index (χ3n) is 1.90. The first-order valence-electron chi connectivity index (χ1n) is 5.16. The van der Waals surface area contributed by atoms with Crippen molar-refractivity contribution in [2.45, 2.75) is 52.1 Å². The number of unbranched alkanes of at least 4 members (excludes halogenated alkanes) is 4. The molecule has 0 aromatic heterocycles. The fourth-order valence-electron chi connectivity index (χ4n) is 1.16. The van der Waals surface area contributed by atoms with Crippen LogP contribution in [0.4, 0.5) is 0 Å². The van der Waals surface area contributed by atoms with E-state index in [9.17, 15) is 0 Å². The van der Waals surface area contributed by atoms with Gasteiger partial charge in [-0.2, -0.15) is 0 Å². The highest BCUT2D eigenvalue weighted by Crippen LogP contribution is 2.00. The molecule has 0 amide bonds. The lowest BCUT2D eigenvalue weighted by Crippen LogP contribution is -2.25. The molecule has 0 aromatic carbocycles. The van der Waals surface area contributed by atoms with Crippen LogP contribution in [0.5, 0.6) is 0 Å². The Kier molecular flexibility index (Phi) is 8.95. The third-order valence-corrected chi connectivity index (χ3v) is 1.90. The van der Waals surface area contributed by atoms with E-state index in [0.717, 1.165) is 13.1 Å². The molecule has 0 aliphatic heterocycles. The van der Waals surface area contributed by atoms with Crippen LogP contribution in [0.3, 0.4) is 0 Å². The Hall–Kier alpha value is -0.0800. The number of aliphatic hydroxyl groups is 1. The number of hydrogen-bond acceptors (Lipinski definition) is 2. The summed E-state index contributed by atoms with van der Waals surface area (Å²) in [4.78, 5) is 0. The van der Waals surface area contributed by atoms with Crippen molar-refractivity contribution in [1.82, 2.24) is 5.32 Å². The minimum absolute atomic E-state index is 0.208. The molecular formula is C10H23NO. The first-order chi connectivity index (χ1) is 5.77. The van der Waals surface area contributed by atoms with Gasteiger partial charge in [-0.3, -0.25) is 0 Å². The minimum Gasteiger partial charge on any atom is -0.392 e. The van der Waals surface area contributed by atoms with Gasteiger partial charge in [0.25, 0.3) is 0 Å². The van der Waals surface area contributed by atoms with Gasteiger partial charge in [0.1, 0.15) is 0 Å². The summed E-state index contributed by atoms with van der Waals surface area (Å²) < 4.78 is 0. The summed E-state index contributed by atoms with van der Waals surface area (Å²) in [5.74, 6) is 0. The highest BCUT2D eigenvalue weighted by atomic mass is 16.3. The maximum absolute atomic E-state index is 8.93. The fraction of sp³-hybridized carbons (Fsp3) is 1.00. The molecule has 0 aliphatic carbocycles. The summed E-state index contributed by atoms with van der Waals surface area (Å²) >= 11 is 0. The van der Waals surface area contributed by atoms with Crippen LogP contribution in [0.15, 0.2) is 0 Å². The predicted molar refractivity (Wildman–Crippen MR) is 53.3 cm³/mol. The summed E-state index contributed by atoms with van der Waals surface area (Å²) in [6.07, 6.45) is 6.37. The molecule has 0 spiro atoms. The van der Waals surface area contributed by atoms with Crippen LogP contribution in [0.2, 0.25) is 0 Å². The number of hydrogen-bond donors (Lipinski definition) is 2. The third kappa shape index (κ3) is 9.92. The molecule has 1 atom stereocenters. The van der Waals surface area contributed by atoms with Crippen molar-refractivity contribution in [2.24, 2.45) is 0 Å². The summed E-state index contributed by atoms with van der Waals surface area (Å²) in [5, 5.41) is 12.1. The molecule has 0 radical (unpaired) electrons. The second kappa shape index (κ2) is 9.01. The van der Waals surface area contributed by atoms with E-state index >= 15 is 0 Å². The van der Waals surface area contributed by atoms with Gasteiger partial charge in [0.05, 0.1) is 6.10 Å². The average molecular weight is 173 g/mol. The molecule has 12 heavy (non-hydrogen) atoms. The number of rotatable bonds is 8. The van der Waals surface area contributed by atoms with Gasteiger partial charge in [0.15, 0.2) is 0 Å². The summed E-state index contributed by atoms with van der Waals surface area (Å²) in [6, 6.07) is 0. The largest absolute Gasteiger partial charge is 0.392 e. The van der Waals surface area contributed by atoms with Crippen molar-refractivity contribution < 1.29 is 5.11 Å². The van der Waals surface area contributed by atoms with Crippen molar-refractivity contribution in [1.29, 1.82) is 0 Å². The first-order valence-corrected chi connectivity index (χ1v) is 5.16. The van der Waals surface area contributed by atoms with Crippen LogP contribution in [0.1, 0.15) is 46.0 Å². The Balaban J connectivity index is 2.82. The Bertz CT molecular complexity index is 83.9. The Morgan fingerprint density at radius 2 is 1.83 bits per heavy atom. The normalized spacial score (nSPS) is 13.2. The molecule has 0 rings (SSSR count). The van der Waals surface area contributed by atoms with Gasteiger partial charge < -0.3 is 10.4 Å². The topological polar surface area (TPSA) is 32.3 Å². The van der Waals surface area contributed by atoms with Crippen LogP contribution in [0.25, 0.3) is 0 Å². The Morgan fingerprint density at radius 3 is 2.42 bits per heavy atom. The lowest BCUT2D eigenvalue weighted by Gasteiger charge is -2.05. The maximum atomic E-state index is 8.93. The van der Waals surface area contributed by atoms with E-state index in [4.69, 9.17) is 5.11 Å². The van der Waals surface area contributed by atoms with E-state index in [1.54, 1.807) is 0 Å². The van der Waals surface area contributed by atoms with Crippen LogP contribution in [-0.2, 0) is 0 Å². The molecule has 0 aromatic rings. The predicted octanol–water partition coefficient (Wildman–Crippen LogP) is 1.93. The van der Waals surface area contributed by atoms with E-state index in [-0.39, 0.29) is 6.10 Å². The quantitative estimate of drug-likeness (QED) is 0.550. The van der Waals surface area contributed by atoms with E-state index in [2.05, 4.69) is 12.2 Å². The SMILES string of the molecule is CCCCCCCNCC(C)O. The van der Waals surface area contributed by atoms with Crippen molar-refractivity contribution in [3.05, 3.63) is 0 Å². The zero-order chi connectivity index (χ0) is 9.23. The van der Waals surface area contributed by atoms with Crippen LogP contribution in [0, 0.1) is 0 Å². The minimum atomic E-state index is -0.208. The highest BCUT2D eigenvalue weighted by Gasteiger charge is 1.93. The molecule has 2 heteroatoms. The molecule has 2 N–H and O–H groups in total. The van der Waals surface area contributed by atoms with Gasteiger partial charge >= 0.3 is 0 Å². The molecule has 0 bridgehead atoms. The zero-order valence-corrected chi connectivity index (χ0v) is 8.47. The molecule has 0 saturated heterocycles. The molecular weight excluding hydrogens is 150 g/mol. The second-order valence-corrected chi connectivity index (χ2v) is 3.47. The molecule has 0 heterocycles. The molecule has 0 fully saturated rings. The lowest BCUT2D eigenvalue weighted by molar-refractivity contribution is 0.191. The molecule has 0 saturated carbocycles. The first kappa shape index (κ1) is 11.9. The van der Waals surface area contributed by atoms with Gasteiger partial charge in [-0.1, -0.05) is 32.6 Å². The Labute approximate surface area is 76.4 Å². The summed E-state index contributed by atoms with van der Waals surface area (Å²) in [6.45, 7) is 5.82. The molecule has 2 nitrogen and oxygen atoms in total. The van der Waals surface area contributed by atoms with Crippen LogP contribution in [-0.4, -0.2) is 24.3 Å². The summed E-state index contributed by atoms with van der Waals surface area (Å²) in [5.41, 5.74) is 0. The lowest BCUT2D eigenvalue weighted by atomic mass is 10.1. The Morgan fingerprint density at radius 1 is 1.17 bits per heavy atom. The van der Waals surface area contributed by atoms with Crippen LogP contribution < -0.4 is 5.32 Å².